The van der Waals surface area contributed by atoms with E-state index in [0.29, 0.717) is 12.3 Å². The molecule has 1 N–H and O–H groups in total. The standard InChI is InChI=1S/C11H22N2OS/c1-11(2,15-3)5-4-10(14)13-8-6-12-7-9-13/h12H,4-9H2,1-3H3. The molecule has 0 aliphatic carbocycles. The predicted molar refractivity (Wildman–Crippen MR) is 66.3 cm³/mol. The number of piperazine rings is 1. The van der Waals surface area contributed by atoms with E-state index in [1.54, 1.807) is 0 Å². The second-order valence-electron chi connectivity index (χ2n) is 4.59. The Balaban J connectivity index is 2.28. The molecule has 4 heteroatoms. The Kier molecular flexibility index (Phi) is 4.93. The third-order valence-corrected chi connectivity index (χ3v) is 4.27. The van der Waals surface area contributed by atoms with Gasteiger partial charge in [-0.25, -0.2) is 0 Å². The molecule has 1 heterocycles. The highest BCUT2D eigenvalue weighted by molar-refractivity contribution is 7.99. The first kappa shape index (κ1) is 12.8. The van der Waals surface area contributed by atoms with E-state index < -0.39 is 0 Å². The van der Waals surface area contributed by atoms with Crippen LogP contribution in [-0.4, -0.2) is 48.0 Å². The highest BCUT2D eigenvalue weighted by Crippen LogP contribution is 2.26. The Morgan fingerprint density at radius 2 is 2.00 bits per heavy atom. The lowest BCUT2D eigenvalue weighted by Gasteiger charge is -2.29. The van der Waals surface area contributed by atoms with E-state index in [-0.39, 0.29) is 4.75 Å². The lowest BCUT2D eigenvalue weighted by molar-refractivity contribution is -0.131. The van der Waals surface area contributed by atoms with Crippen molar-refractivity contribution in [2.24, 2.45) is 0 Å². The Hall–Kier alpha value is -0.220. The summed E-state index contributed by atoms with van der Waals surface area (Å²) in [6, 6.07) is 0. The molecule has 0 bridgehead atoms. The molecular formula is C11H22N2OS. The molecule has 0 aromatic rings. The van der Waals surface area contributed by atoms with E-state index in [9.17, 15) is 4.79 Å². The summed E-state index contributed by atoms with van der Waals surface area (Å²) in [4.78, 5) is 13.8. The molecule has 0 atom stereocenters. The molecular weight excluding hydrogens is 208 g/mol. The Morgan fingerprint density at radius 1 is 1.40 bits per heavy atom. The zero-order valence-corrected chi connectivity index (χ0v) is 10.8. The van der Waals surface area contributed by atoms with Gasteiger partial charge >= 0.3 is 0 Å². The molecule has 1 fully saturated rings. The lowest BCUT2D eigenvalue weighted by atomic mass is 10.1. The van der Waals surface area contributed by atoms with Crippen LogP contribution in [0, 0.1) is 0 Å². The van der Waals surface area contributed by atoms with Gasteiger partial charge in [0.25, 0.3) is 0 Å². The Morgan fingerprint density at radius 3 is 2.53 bits per heavy atom. The van der Waals surface area contributed by atoms with Crippen LogP contribution in [0.5, 0.6) is 0 Å². The van der Waals surface area contributed by atoms with Crippen molar-refractivity contribution in [2.45, 2.75) is 31.4 Å². The van der Waals surface area contributed by atoms with Crippen molar-refractivity contribution in [1.29, 1.82) is 0 Å². The first-order valence-electron chi connectivity index (χ1n) is 5.59. The van der Waals surface area contributed by atoms with Gasteiger partial charge < -0.3 is 10.2 Å². The second-order valence-corrected chi connectivity index (χ2v) is 6.11. The molecule has 0 unspecified atom stereocenters. The van der Waals surface area contributed by atoms with Crippen LogP contribution in [0.2, 0.25) is 0 Å². The monoisotopic (exact) mass is 230 g/mol. The fourth-order valence-electron chi connectivity index (χ4n) is 1.58. The smallest absolute Gasteiger partial charge is 0.222 e. The van der Waals surface area contributed by atoms with E-state index in [2.05, 4.69) is 25.4 Å². The molecule has 0 saturated carbocycles. The summed E-state index contributed by atoms with van der Waals surface area (Å²) in [5, 5.41) is 3.26. The van der Waals surface area contributed by atoms with Gasteiger partial charge in [-0.3, -0.25) is 4.79 Å². The lowest BCUT2D eigenvalue weighted by Crippen LogP contribution is -2.46. The van der Waals surface area contributed by atoms with E-state index >= 15 is 0 Å². The maximum absolute atomic E-state index is 11.8. The fourth-order valence-corrected chi connectivity index (χ4v) is 1.89. The number of amides is 1. The fraction of sp³-hybridized carbons (Fsp3) is 0.909. The maximum Gasteiger partial charge on any atom is 0.222 e. The topological polar surface area (TPSA) is 32.3 Å². The Labute approximate surface area is 97.0 Å². The van der Waals surface area contributed by atoms with Crippen LogP contribution in [-0.2, 0) is 4.79 Å². The van der Waals surface area contributed by atoms with E-state index in [1.807, 2.05) is 16.7 Å². The molecule has 1 aliphatic heterocycles. The van der Waals surface area contributed by atoms with Crippen LogP contribution in [0.4, 0.5) is 0 Å². The normalized spacial score (nSPS) is 17.9. The predicted octanol–water partition coefficient (Wildman–Crippen LogP) is 1.34. The molecule has 1 rings (SSSR count). The second kappa shape index (κ2) is 5.75. The quantitative estimate of drug-likeness (QED) is 0.791. The van der Waals surface area contributed by atoms with Crippen LogP contribution in [0.3, 0.4) is 0 Å². The highest BCUT2D eigenvalue weighted by atomic mass is 32.2. The summed E-state index contributed by atoms with van der Waals surface area (Å²) in [7, 11) is 0. The van der Waals surface area contributed by atoms with Gasteiger partial charge in [0, 0.05) is 37.3 Å². The molecule has 3 nitrogen and oxygen atoms in total. The van der Waals surface area contributed by atoms with Crippen molar-refractivity contribution in [3.63, 3.8) is 0 Å². The van der Waals surface area contributed by atoms with E-state index in [1.165, 1.54) is 0 Å². The first-order valence-corrected chi connectivity index (χ1v) is 6.81. The SMILES string of the molecule is CSC(C)(C)CCC(=O)N1CCNCC1. The molecule has 1 aliphatic rings. The van der Waals surface area contributed by atoms with Crippen LogP contribution in [0.1, 0.15) is 26.7 Å². The maximum atomic E-state index is 11.8. The molecule has 15 heavy (non-hydrogen) atoms. The van der Waals surface area contributed by atoms with E-state index in [0.717, 1.165) is 32.6 Å². The largest absolute Gasteiger partial charge is 0.340 e. The summed E-state index contributed by atoms with van der Waals surface area (Å²) >= 11 is 1.83. The summed E-state index contributed by atoms with van der Waals surface area (Å²) in [5.41, 5.74) is 0. The number of thioether (sulfide) groups is 1. The number of carbonyl (C=O) groups excluding carboxylic acids is 1. The molecule has 0 aromatic heterocycles. The summed E-state index contributed by atoms with van der Waals surface area (Å²) in [6.07, 6.45) is 3.76. The summed E-state index contributed by atoms with van der Waals surface area (Å²) in [6.45, 7) is 8.03. The third-order valence-electron chi connectivity index (χ3n) is 2.96. The average molecular weight is 230 g/mol. The molecule has 0 radical (unpaired) electrons. The molecule has 0 aromatic carbocycles. The summed E-state index contributed by atoms with van der Waals surface area (Å²) in [5.74, 6) is 0.318. The van der Waals surface area contributed by atoms with Crippen molar-refractivity contribution in [3.05, 3.63) is 0 Å². The average Bonchev–Trinajstić information content (AvgIpc) is 2.27. The zero-order chi connectivity index (χ0) is 11.3. The van der Waals surface area contributed by atoms with E-state index in [4.69, 9.17) is 0 Å². The summed E-state index contributed by atoms with van der Waals surface area (Å²) < 4.78 is 0.226. The van der Waals surface area contributed by atoms with Crippen molar-refractivity contribution >= 4 is 17.7 Å². The minimum Gasteiger partial charge on any atom is -0.340 e. The number of hydrogen-bond donors (Lipinski definition) is 1. The van der Waals surface area contributed by atoms with Crippen molar-refractivity contribution in [3.8, 4) is 0 Å². The number of hydrogen-bond acceptors (Lipinski definition) is 3. The van der Waals surface area contributed by atoms with Gasteiger partial charge in [-0.2, -0.15) is 11.8 Å². The van der Waals surface area contributed by atoms with Gasteiger partial charge in [-0.15, -0.1) is 0 Å². The van der Waals surface area contributed by atoms with Gasteiger partial charge in [0.05, 0.1) is 0 Å². The minimum absolute atomic E-state index is 0.226. The van der Waals surface area contributed by atoms with Crippen LogP contribution >= 0.6 is 11.8 Å². The van der Waals surface area contributed by atoms with Crippen molar-refractivity contribution in [2.75, 3.05) is 32.4 Å². The number of rotatable bonds is 4. The molecule has 88 valence electrons. The van der Waals surface area contributed by atoms with Gasteiger partial charge in [-0.05, 0) is 12.7 Å². The molecule has 0 spiro atoms. The zero-order valence-electron chi connectivity index (χ0n) is 10.0. The number of nitrogens with zero attached hydrogens (tertiary/aromatic N) is 1. The Bertz CT molecular complexity index is 213. The first-order chi connectivity index (χ1) is 7.05. The highest BCUT2D eigenvalue weighted by Gasteiger charge is 2.21. The van der Waals surface area contributed by atoms with Gasteiger partial charge in [0.2, 0.25) is 5.91 Å². The molecule has 1 amide bonds. The number of carbonyl (C=O) groups is 1. The van der Waals surface area contributed by atoms with Gasteiger partial charge in [0.1, 0.15) is 0 Å². The van der Waals surface area contributed by atoms with Crippen LogP contribution in [0.25, 0.3) is 0 Å². The number of nitrogens with one attached hydrogen (secondary N) is 1. The van der Waals surface area contributed by atoms with Crippen molar-refractivity contribution in [1.82, 2.24) is 10.2 Å². The minimum atomic E-state index is 0.226. The van der Waals surface area contributed by atoms with Gasteiger partial charge in [-0.1, -0.05) is 13.8 Å². The van der Waals surface area contributed by atoms with Crippen LogP contribution < -0.4 is 5.32 Å². The third kappa shape index (κ3) is 4.43. The van der Waals surface area contributed by atoms with Crippen LogP contribution in [0.15, 0.2) is 0 Å². The van der Waals surface area contributed by atoms with Crippen molar-refractivity contribution < 1.29 is 4.79 Å². The van der Waals surface area contributed by atoms with Gasteiger partial charge in [0.15, 0.2) is 0 Å². The molecule has 1 saturated heterocycles.